The molecule has 37 heavy (non-hydrogen) atoms. The fraction of sp³-hybridized carbons (Fsp3) is 0.897. The summed E-state index contributed by atoms with van der Waals surface area (Å²) >= 11 is 0. The van der Waals surface area contributed by atoms with Crippen molar-refractivity contribution >= 4 is 17.9 Å². The summed E-state index contributed by atoms with van der Waals surface area (Å²) in [6.07, 6.45) is 5.12. The van der Waals surface area contributed by atoms with E-state index in [2.05, 4.69) is 27.7 Å². The molecule has 5 rings (SSSR count). The van der Waals surface area contributed by atoms with Crippen LogP contribution in [0.5, 0.6) is 0 Å². The highest BCUT2D eigenvalue weighted by Crippen LogP contribution is 2.71. The summed E-state index contributed by atoms with van der Waals surface area (Å²) in [6, 6.07) is 0. The Bertz CT molecular complexity index is 962. The lowest BCUT2D eigenvalue weighted by Gasteiger charge is -2.67. The maximum Gasteiger partial charge on any atom is 0.306 e. The second-order valence-electron chi connectivity index (χ2n) is 13.8. The first-order valence-corrected chi connectivity index (χ1v) is 14.1. The molecule has 2 saturated heterocycles. The van der Waals surface area contributed by atoms with Gasteiger partial charge in [0.2, 0.25) is 6.29 Å². The second-order valence-corrected chi connectivity index (χ2v) is 13.8. The van der Waals surface area contributed by atoms with E-state index in [4.69, 9.17) is 18.9 Å². The molecule has 0 amide bonds. The number of aliphatic carboxylic acids is 1. The molecule has 2 bridgehead atoms. The van der Waals surface area contributed by atoms with Gasteiger partial charge in [-0.05, 0) is 78.9 Å². The van der Waals surface area contributed by atoms with Crippen LogP contribution in [0.3, 0.4) is 0 Å². The van der Waals surface area contributed by atoms with E-state index >= 15 is 0 Å². The van der Waals surface area contributed by atoms with Crippen molar-refractivity contribution in [3.8, 4) is 0 Å². The summed E-state index contributed by atoms with van der Waals surface area (Å²) in [5.74, 6) is -0.883. The summed E-state index contributed by atoms with van der Waals surface area (Å²) < 4.78 is 24.0. The Morgan fingerprint density at radius 2 is 1.59 bits per heavy atom. The number of esters is 2. The molecule has 0 aromatic heterocycles. The Hall–Kier alpha value is -1.67. The summed E-state index contributed by atoms with van der Waals surface area (Å²) in [7, 11) is 0. The zero-order valence-electron chi connectivity index (χ0n) is 23.2. The first kappa shape index (κ1) is 26.9. The van der Waals surface area contributed by atoms with E-state index in [1.165, 1.54) is 39.5 Å². The number of carboxylic acid groups (broad SMARTS) is 1. The highest BCUT2D eigenvalue weighted by molar-refractivity contribution is 5.70. The molecule has 8 nitrogen and oxygen atoms in total. The Balaban J connectivity index is 1.55. The predicted molar refractivity (Wildman–Crippen MR) is 133 cm³/mol. The molecule has 1 N–H and O–H groups in total. The van der Waals surface area contributed by atoms with Gasteiger partial charge in [0.05, 0.1) is 6.42 Å². The zero-order chi connectivity index (χ0) is 27.0. The Morgan fingerprint density at radius 3 is 2.24 bits per heavy atom. The lowest BCUT2D eigenvalue weighted by atomic mass is 9.38. The van der Waals surface area contributed by atoms with Crippen LogP contribution in [0, 0.1) is 39.9 Å². The van der Waals surface area contributed by atoms with Crippen molar-refractivity contribution < 1.29 is 38.4 Å². The van der Waals surface area contributed by atoms with Gasteiger partial charge in [-0.3, -0.25) is 14.4 Å². The van der Waals surface area contributed by atoms with Gasteiger partial charge >= 0.3 is 17.9 Å². The van der Waals surface area contributed by atoms with E-state index in [0.29, 0.717) is 23.7 Å². The number of rotatable bonds is 4. The summed E-state index contributed by atoms with van der Waals surface area (Å²) in [5, 5.41) is 9.87. The standard InChI is InChI=1S/C29H44O8/c1-16(30)34-22-14-19-18(24-36-25(35-17(2)31)29(22,37-24)15-23(32)33)8-9-21-27(19,5)13-10-20-26(3,4)11-7-12-28(20,21)6/h18-22,24-25H,7-15H2,1-6H3,(H,32,33)/t18-,19+,20-,21-,22+,24-,25-,27-,28-,29+/m0/s1. The third kappa shape index (κ3) is 4.12. The van der Waals surface area contributed by atoms with E-state index in [9.17, 15) is 19.5 Å². The number of carboxylic acids is 1. The summed E-state index contributed by atoms with van der Waals surface area (Å²) in [6.45, 7) is 12.4. The van der Waals surface area contributed by atoms with Crippen molar-refractivity contribution in [3.63, 3.8) is 0 Å². The molecule has 208 valence electrons. The van der Waals surface area contributed by atoms with Gasteiger partial charge in [0.15, 0.2) is 11.9 Å². The van der Waals surface area contributed by atoms with Crippen LogP contribution >= 0.6 is 0 Å². The highest BCUT2D eigenvalue weighted by atomic mass is 16.8. The molecule has 10 atom stereocenters. The molecule has 0 spiro atoms. The van der Waals surface area contributed by atoms with Gasteiger partial charge in [0.1, 0.15) is 6.10 Å². The summed E-state index contributed by atoms with van der Waals surface area (Å²) in [4.78, 5) is 36.4. The molecule has 2 heterocycles. The number of carbonyl (C=O) groups excluding carboxylic acids is 2. The Kier molecular flexibility index (Phi) is 6.50. The van der Waals surface area contributed by atoms with Gasteiger partial charge in [-0.15, -0.1) is 0 Å². The maximum atomic E-state index is 12.3. The van der Waals surface area contributed by atoms with Gasteiger partial charge in [-0.2, -0.15) is 0 Å². The normalized spacial score (nSPS) is 48.0. The van der Waals surface area contributed by atoms with E-state index < -0.39 is 48.6 Å². The fourth-order valence-electron chi connectivity index (χ4n) is 10.1. The quantitative estimate of drug-likeness (QED) is 0.512. The smallest absolute Gasteiger partial charge is 0.306 e. The average Bonchev–Trinajstić information content (AvgIpc) is 3.03. The monoisotopic (exact) mass is 520 g/mol. The minimum absolute atomic E-state index is 0.00675. The molecule has 0 radical (unpaired) electrons. The van der Waals surface area contributed by atoms with Crippen LogP contribution in [0.2, 0.25) is 0 Å². The fourth-order valence-corrected chi connectivity index (χ4v) is 10.1. The first-order valence-electron chi connectivity index (χ1n) is 14.1. The number of fused-ring (bicyclic) bond motifs is 8. The van der Waals surface area contributed by atoms with Gasteiger partial charge in [-0.25, -0.2) is 0 Å². The Morgan fingerprint density at radius 1 is 0.892 bits per heavy atom. The van der Waals surface area contributed by atoms with Crippen LogP contribution in [0.25, 0.3) is 0 Å². The molecule has 8 heteroatoms. The number of hydrogen-bond donors (Lipinski definition) is 1. The molecule has 3 aliphatic carbocycles. The molecule has 0 unspecified atom stereocenters. The Labute approximate surface area is 220 Å². The summed E-state index contributed by atoms with van der Waals surface area (Å²) in [5.41, 5.74) is -1.03. The van der Waals surface area contributed by atoms with Gasteiger partial charge < -0.3 is 24.1 Å². The van der Waals surface area contributed by atoms with Crippen LogP contribution in [0.4, 0.5) is 0 Å². The van der Waals surface area contributed by atoms with Gasteiger partial charge in [0, 0.05) is 19.8 Å². The van der Waals surface area contributed by atoms with E-state index in [1.807, 2.05) is 0 Å². The SMILES string of the molecule is CC(=O)O[C@H]1O[C@H]2O[C@]1(CC(=O)O)[C@H](OC(C)=O)C[C@@H]1[C@@H]2CC[C@H]2[C@@]1(C)CC[C@H]1C(C)(C)CCC[C@]21C. The topological polar surface area (TPSA) is 108 Å². The van der Waals surface area contributed by atoms with Crippen LogP contribution < -0.4 is 0 Å². The number of hydrogen-bond acceptors (Lipinski definition) is 7. The third-order valence-electron chi connectivity index (χ3n) is 11.4. The molecular formula is C29H44O8. The van der Waals surface area contributed by atoms with E-state index in [1.54, 1.807) is 0 Å². The molecule has 0 aromatic rings. The lowest BCUT2D eigenvalue weighted by Crippen LogP contribution is -2.61. The van der Waals surface area contributed by atoms with E-state index in [0.717, 1.165) is 19.3 Å². The lowest BCUT2D eigenvalue weighted by molar-refractivity contribution is -0.228. The minimum atomic E-state index is -1.58. The first-order chi connectivity index (χ1) is 17.2. The molecule has 5 fully saturated rings. The largest absolute Gasteiger partial charge is 0.481 e. The molecule has 0 aromatic carbocycles. The van der Waals surface area contributed by atoms with Crippen molar-refractivity contribution in [1.82, 2.24) is 0 Å². The molecular weight excluding hydrogens is 476 g/mol. The van der Waals surface area contributed by atoms with Crippen molar-refractivity contribution in [2.45, 2.75) is 124 Å². The second kappa shape index (κ2) is 8.94. The average molecular weight is 521 g/mol. The minimum Gasteiger partial charge on any atom is -0.481 e. The molecule has 2 aliphatic heterocycles. The zero-order valence-corrected chi connectivity index (χ0v) is 23.2. The molecule has 5 aliphatic rings. The van der Waals surface area contributed by atoms with Crippen LogP contribution in [-0.4, -0.2) is 47.3 Å². The maximum absolute atomic E-state index is 12.3. The van der Waals surface area contributed by atoms with Crippen molar-refractivity contribution in [3.05, 3.63) is 0 Å². The third-order valence-corrected chi connectivity index (χ3v) is 11.4. The van der Waals surface area contributed by atoms with Crippen molar-refractivity contribution in [2.75, 3.05) is 0 Å². The van der Waals surface area contributed by atoms with Gasteiger partial charge in [0.25, 0.3) is 0 Å². The number of carbonyl (C=O) groups is 3. The van der Waals surface area contributed by atoms with E-state index in [-0.39, 0.29) is 22.7 Å². The van der Waals surface area contributed by atoms with Gasteiger partial charge in [-0.1, -0.05) is 34.1 Å². The van der Waals surface area contributed by atoms with Crippen LogP contribution in [-0.2, 0) is 33.3 Å². The number of ether oxygens (including phenoxy) is 4. The van der Waals surface area contributed by atoms with Crippen LogP contribution in [0.15, 0.2) is 0 Å². The van der Waals surface area contributed by atoms with Crippen molar-refractivity contribution in [1.29, 1.82) is 0 Å². The highest BCUT2D eigenvalue weighted by Gasteiger charge is 2.69. The molecule has 3 saturated carbocycles. The predicted octanol–water partition coefficient (Wildman–Crippen LogP) is 5.07. The van der Waals surface area contributed by atoms with Crippen molar-refractivity contribution in [2.24, 2.45) is 39.9 Å². The van der Waals surface area contributed by atoms with Crippen LogP contribution in [0.1, 0.15) is 99.3 Å².